The maximum atomic E-state index is 11.9. The van der Waals surface area contributed by atoms with Crippen molar-refractivity contribution in [2.45, 2.75) is 12.0 Å². The first-order valence-electron chi connectivity index (χ1n) is 5.98. The Labute approximate surface area is 106 Å². The van der Waals surface area contributed by atoms with Crippen molar-refractivity contribution >= 4 is 5.91 Å². The van der Waals surface area contributed by atoms with Crippen molar-refractivity contribution in [2.75, 3.05) is 26.7 Å². The maximum Gasteiger partial charge on any atom is 0.251 e. The summed E-state index contributed by atoms with van der Waals surface area (Å²) in [6, 6.07) is 6.87. The van der Waals surface area contributed by atoms with Gasteiger partial charge in [0.15, 0.2) is 0 Å². The standard InChI is InChI=1S/C13H18N2O3/c1-18-11-4-2-10(3-5-11)12(16)15-9-13(17)6-7-14-8-13/h2-5,14,17H,6-9H2,1H3,(H,15,16). The van der Waals surface area contributed by atoms with Crippen LogP contribution in [0.4, 0.5) is 0 Å². The van der Waals surface area contributed by atoms with Crippen LogP contribution in [-0.2, 0) is 0 Å². The van der Waals surface area contributed by atoms with E-state index in [1.165, 1.54) is 0 Å². The van der Waals surface area contributed by atoms with E-state index in [-0.39, 0.29) is 12.5 Å². The highest BCUT2D eigenvalue weighted by atomic mass is 16.5. The van der Waals surface area contributed by atoms with Crippen LogP contribution in [0, 0.1) is 0 Å². The number of ether oxygens (including phenoxy) is 1. The second-order valence-electron chi connectivity index (χ2n) is 4.56. The average Bonchev–Trinajstić information content (AvgIpc) is 2.83. The van der Waals surface area contributed by atoms with E-state index in [2.05, 4.69) is 10.6 Å². The SMILES string of the molecule is COc1ccc(C(=O)NCC2(O)CCNC2)cc1. The van der Waals surface area contributed by atoms with Gasteiger partial charge in [0.25, 0.3) is 5.91 Å². The van der Waals surface area contributed by atoms with E-state index in [1.807, 2.05) is 0 Å². The zero-order chi connectivity index (χ0) is 13.0. The number of rotatable bonds is 4. The van der Waals surface area contributed by atoms with Gasteiger partial charge in [0.1, 0.15) is 5.75 Å². The molecular formula is C13H18N2O3. The van der Waals surface area contributed by atoms with Crippen LogP contribution < -0.4 is 15.4 Å². The molecule has 5 heteroatoms. The molecule has 0 bridgehead atoms. The Morgan fingerprint density at radius 3 is 2.78 bits per heavy atom. The summed E-state index contributed by atoms with van der Waals surface area (Å²) in [6.45, 7) is 1.58. The molecule has 3 N–H and O–H groups in total. The average molecular weight is 250 g/mol. The maximum absolute atomic E-state index is 11.9. The number of amides is 1. The van der Waals surface area contributed by atoms with Gasteiger partial charge in [0.05, 0.1) is 12.7 Å². The van der Waals surface area contributed by atoms with E-state index in [0.29, 0.717) is 24.3 Å². The molecule has 5 nitrogen and oxygen atoms in total. The number of carbonyl (C=O) groups is 1. The van der Waals surface area contributed by atoms with Gasteiger partial charge >= 0.3 is 0 Å². The minimum absolute atomic E-state index is 0.182. The minimum atomic E-state index is -0.817. The summed E-state index contributed by atoms with van der Waals surface area (Å²) in [7, 11) is 1.58. The molecule has 1 aromatic rings. The van der Waals surface area contributed by atoms with Crippen molar-refractivity contribution in [3.8, 4) is 5.75 Å². The van der Waals surface area contributed by atoms with Gasteiger partial charge in [-0.1, -0.05) is 0 Å². The third kappa shape index (κ3) is 3.00. The fourth-order valence-corrected chi connectivity index (χ4v) is 1.97. The van der Waals surface area contributed by atoms with Crippen LogP contribution in [0.3, 0.4) is 0 Å². The first kappa shape index (κ1) is 12.9. The van der Waals surface area contributed by atoms with Crippen LogP contribution in [0.1, 0.15) is 16.8 Å². The molecular weight excluding hydrogens is 232 g/mol. The Hall–Kier alpha value is -1.59. The molecule has 1 saturated heterocycles. The third-order valence-corrected chi connectivity index (χ3v) is 3.15. The number of hydrogen-bond donors (Lipinski definition) is 3. The lowest BCUT2D eigenvalue weighted by Gasteiger charge is -2.21. The summed E-state index contributed by atoms with van der Waals surface area (Å²) in [5, 5.41) is 15.9. The molecule has 1 atom stereocenters. The van der Waals surface area contributed by atoms with Crippen molar-refractivity contribution in [3.05, 3.63) is 29.8 Å². The number of carbonyl (C=O) groups excluding carboxylic acids is 1. The fraction of sp³-hybridized carbons (Fsp3) is 0.462. The van der Waals surface area contributed by atoms with Crippen molar-refractivity contribution in [2.24, 2.45) is 0 Å². The molecule has 0 saturated carbocycles. The first-order valence-corrected chi connectivity index (χ1v) is 5.98. The van der Waals surface area contributed by atoms with Gasteiger partial charge < -0.3 is 20.5 Å². The van der Waals surface area contributed by atoms with E-state index < -0.39 is 5.60 Å². The Morgan fingerprint density at radius 1 is 1.50 bits per heavy atom. The van der Waals surface area contributed by atoms with Crippen LogP contribution in [0.5, 0.6) is 5.75 Å². The Kier molecular flexibility index (Phi) is 3.84. The summed E-state index contributed by atoms with van der Waals surface area (Å²) in [5.74, 6) is 0.531. The third-order valence-electron chi connectivity index (χ3n) is 3.15. The lowest BCUT2D eigenvalue weighted by molar-refractivity contribution is 0.0562. The van der Waals surface area contributed by atoms with E-state index in [9.17, 15) is 9.90 Å². The lowest BCUT2D eigenvalue weighted by Crippen LogP contribution is -2.44. The van der Waals surface area contributed by atoms with Crippen molar-refractivity contribution in [1.29, 1.82) is 0 Å². The molecule has 1 fully saturated rings. The summed E-state index contributed by atoms with van der Waals surface area (Å²) in [5.41, 5.74) is -0.257. The van der Waals surface area contributed by atoms with Crippen LogP contribution in [0.25, 0.3) is 0 Å². The van der Waals surface area contributed by atoms with E-state index in [0.717, 1.165) is 6.54 Å². The van der Waals surface area contributed by atoms with Crippen LogP contribution in [0.15, 0.2) is 24.3 Å². The zero-order valence-electron chi connectivity index (χ0n) is 10.4. The normalized spacial score (nSPS) is 22.8. The van der Waals surface area contributed by atoms with Crippen LogP contribution >= 0.6 is 0 Å². The summed E-state index contributed by atoms with van der Waals surface area (Å²) >= 11 is 0. The van der Waals surface area contributed by atoms with Gasteiger partial charge in [-0.2, -0.15) is 0 Å². The highest BCUT2D eigenvalue weighted by molar-refractivity contribution is 5.94. The molecule has 0 spiro atoms. The van der Waals surface area contributed by atoms with Crippen LogP contribution in [-0.4, -0.2) is 43.4 Å². The number of nitrogens with one attached hydrogen (secondary N) is 2. The monoisotopic (exact) mass is 250 g/mol. The molecule has 0 aromatic heterocycles. The van der Waals surface area contributed by atoms with Gasteiger partial charge in [-0.15, -0.1) is 0 Å². The molecule has 1 aliphatic rings. The lowest BCUT2D eigenvalue weighted by atomic mass is 10.0. The number of β-amino-alcohol motifs (C(OH)–C–C–N with tert-alkyl or cyclic N) is 1. The Balaban J connectivity index is 1.90. The smallest absolute Gasteiger partial charge is 0.251 e. The fourth-order valence-electron chi connectivity index (χ4n) is 1.97. The topological polar surface area (TPSA) is 70.6 Å². The zero-order valence-corrected chi connectivity index (χ0v) is 10.4. The van der Waals surface area contributed by atoms with Gasteiger partial charge in [-0.05, 0) is 37.2 Å². The van der Waals surface area contributed by atoms with Gasteiger partial charge in [-0.3, -0.25) is 4.79 Å². The molecule has 1 unspecified atom stereocenters. The quantitative estimate of drug-likeness (QED) is 0.711. The van der Waals surface area contributed by atoms with Crippen molar-refractivity contribution < 1.29 is 14.6 Å². The largest absolute Gasteiger partial charge is 0.497 e. The second-order valence-corrected chi connectivity index (χ2v) is 4.56. The Morgan fingerprint density at radius 2 is 2.22 bits per heavy atom. The van der Waals surface area contributed by atoms with Crippen molar-refractivity contribution in [3.63, 3.8) is 0 Å². The number of aliphatic hydroxyl groups is 1. The Bertz CT molecular complexity index is 411. The number of hydrogen-bond acceptors (Lipinski definition) is 4. The second kappa shape index (κ2) is 5.37. The van der Waals surface area contributed by atoms with Crippen molar-refractivity contribution in [1.82, 2.24) is 10.6 Å². The van der Waals surface area contributed by atoms with Gasteiger partial charge in [0, 0.05) is 18.7 Å². The summed E-state index contributed by atoms with van der Waals surface area (Å²) in [4.78, 5) is 11.9. The summed E-state index contributed by atoms with van der Waals surface area (Å²) < 4.78 is 5.03. The van der Waals surface area contributed by atoms with E-state index in [1.54, 1.807) is 31.4 Å². The van der Waals surface area contributed by atoms with E-state index in [4.69, 9.17) is 4.74 Å². The molecule has 98 valence electrons. The van der Waals surface area contributed by atoms with Gasteiger partial charge in [-0.25, -0.2) is 0 Å². The molecule has 1 aromatic carbocycles. The number of methoxy groups -OCH3 is 1. The predicted octanol–water partition coefficient (Wildman–Crippen LogP) is 0.149. The highest BCUT2D eigenvalue weighted by Gasteiger charge is 2.31. The molecule has 2 rings (SSSR count). The predicted molar refractivity (Wildman–Crippen MR) is 67.8 cm³/mol. The highest BCUT2D eigenvalue weighted by Crippen LogP contribution is 2.14. The molecule has 1 heterocycles. The van der Waals surface area contributed by atoms with E-state index >= 15 is 0 Å². The summed E-state index contributed by atoms with van der Waals surface area (Å²) in [6.07, 6.45) is 0.663. The molecule has 0 aliphatic carbocycles. The van der Waals surface area contributed by atoms with Crippen LogP contribution in [0.2, 0.25) is 0 Å². The number of benzene rings is 1. The molecule has 1 aliphatic heterocycles. The first-order chi connectivity index (χ1) is 8.63. The molecule has 18 heavy (non-hydrogen) atoms. The minimum Gasteiger partial charge on any atom is -0.497 e. The molecule has 0 radical (unpaired) electrons. The molecule has 1 amide bonds. The van der Waals surface area contributed by atoms with Gasteiger partial charge in [0.2, 0.25) is 0 Å².